The number of allylic oxidation sites excluding steroid dienone is 4. The molecule has 1 rings (SSSR count). The fourth-order valence-corrected chi connectivity index (χ4v) is 2.01. The molecule has 0 N–H and O–H groups in total. The van der Waals surface area contributed by atoms with Crippen molar-refractivity contribution in [2.75, 3.05) is 13.6 Å². The van der Waals surface area contributed by atoms with Crippen LogP contribution in [0, 0.1) is 0 Å². The first-order valence-corrected chi connectivity index (χ1v) is 8.05. The zero-order valence-electron chi connectivity index (χ0n) is 14.7. The first-order valence-electron chi connectivity index (χ1n) is 8.05. The van der Waals surface area contributed by atoms with Crippen molar-refractivity contribution in [2.24, 2.45) is 4.99 Å². The second kappa shape index (κ2) is 9.29. The molecule has 0 saturated carbocycles. The van der Waals surface area contributed by atoms with Crippen LogP contribution >= 0.6 is 0 Å². The SMILES string of the molecule is C=C(OC1CC=CCC1)/C(C)=C\C(/N=C/N(C)CC)=C(C)C. The normalized spacial score (nSPS) is 18.4. The van der Waals surface area contributed by atoms with E-state index in [1.165, 1.54) is 5.57 Å². The van der Waals surface area contributed by atoms with Gasteiger partial charge in [0.25, 0.3) is 0 Å². The second-order valence-corrected chi connectivity index (χ2v) is 5.98. The lowest BCUT2D eigenvalue weighted by Crippen LogP contribution is -2.15. The molecule has 22 heavy (non-hydrogen) atoms. The Morgan fingerprint density at radius 2 is 2.09 bits per heavy atom. The molecule has 0 bridgehead atoms. The molecule has 122 valence electrons. The number of hydrogen-bond donors (Lipinski definition) is 0. The molecule has 0 saturated heterocycles. The maximum absolute atomic E-state index is 5.98. The summed E-state index contributed by atoms with van der Waals surface area (Å²) in [6.07, 6.45) is 11.7. The van der Waals surface area contributed by atoms with Crippen molar-refractivity contribution in [3.05, 3.63) is 47.4 Å². The molecule has 0 spiro atoms. The zero-order chi connectivity index (χ0) is 16.5. The van der Waals surface area contributed by atoms with Gasteiger partial charge in [-0.3, -0.25) is 0 Å². The van der Waals surface area contributed by atoms with E-state index >= 15 is 0 Å². The first kappa shape index (κ1) is 18.3. The molecule has 0 aromatic heterocycles. The van der Waals surface area contributed by atoms with Crippen molar-refractivity contribution in [3.8, 4) is 0 Å². The fourth-order valence-electron chi connectivity index (χ4n) is 2.01. The molecule has 0 radical (unpaired) electrons. The van der Waals surface area contributed by atoms with Crippen molar-refractivity contribution < 1.29 is 4.74 Å². The fraction of sp³-hybridized carbons (Fsp3) is 0.526. The van der Waals surface area contributed by atoms with Gasteiger partial charge in [0, 0.05) is 20.0 Å². The molecule has 3 nitrogen and oxygen atoms in total. The zero-order valence-corrected chi connectivity index (χ0v) is 14.7. The summed E-state index contributed by atoms with van der Waals surface area (Å²) < 4.78 is 5.98. The number of ether oxygens (including phenoxy) is 1. The van der Waals surface area contributed by atoms with Gasteiger partial charge in [-0.15, -0.1) is 0 Å². The summed E-state index contributed by atoms with van der Waals surface area (Å²) in [4.78, 5) is 6.61. The van der Waals surface area contributed by atoms with E-state index in [0.29, 0.717) is 0 Å². The monoisotopic (exact) mass is 302 g/mol. The average molecular weight is 302 g/mol. The van der Waals surface area contributed by atoms with E-state index in [4.69, 9.17) is 4.74 Å². The third-order valence-corrected chi connectivity index (χ3v) is 3.73. The highest BCUT2D eigenvalue weighted by atomic mass is 16.5. The van der Waals surface area contributed by atoms with Gasteiger partial charge in [-0.1, -0.05) is 24.3 Å². The summed E-state index contributed by atoms with van der Waals surface area (Å²) in [6, 6.07) is 0. The summed E-state index contributed by atoms with van der Waals surface area (Å²) in [6.45, 7) is 13.3. The molecule has 0 aromatic carbocycles. The number of rotatable bonds is 7. The van der Waals surface area contributed by atoms with E-state index in [0.717, 1.165) is 42.8 Å². The smallest absolute Gasteiger partial charge is 0.115 e. The largest absolute Gasteiger partial charge is 0.490 e. The Balaban J connectivity index is 2.74. The maximum Gasteiger partial charge on any atom is 0.115 e. The van der Waals surface area contributed by atoms with Gasteiger partial charge in [0.1, 0.15) is 11.9 Å². The quantitative estimate of drug-likeness (QED) is 0.221. The van der Waals surface area contributed by atoms with E-state index in [9.17, 15) is 0 Å². The highest BCUT2D eigenvalue weighted by molar-refractivity contribution is 5.57. The number of aliphatic imine (C=N–C) groups is 1. The van der Waals surface area contributed by atoms with E-state index < -0.39 is 0 Å². The summed E-state index contributed by atoms with van der Waals surface area (Å²) in [5.41, 5.74) is 3.17. The van der Waals surface area contributed by atoms with Crippen LogP contribution in [-0.2, 0) is 4.74 Å². The van der Waals surface area contributed by atoms with Crippen LogP contribution in [0.1, 0.15) is 47.0 Å². The lowest BCUT2D eigenvalue weighted by molar-refractivity contribution is 0.115. The molecular weight excluding hydrogens is 272 g/mol. The van der Waals surface area contributed by atoms with Crippen LogP contribution in [-0.4, -0.2) is 30.9 Å². The molecule has 1 aliphatic rings. The Morgan fingerprint density at radius 1 is 1.36 bits per heavy atom. The van der Waals surface area contributed by atoms with Crippen LogP contribution in [0.15, 0.2) is 52.4 Å². The van der Waals surface area contributed by atoms with Crippen LogP contribution in [0.4, 0.5) is 0 Å². The highest BCUT2D eigenvalue weighted by Gasteiger charge is 2.12. The predicted octanol–water partition coefficient (Wildman–Crippen LogP) is 4.85. The van der Waals surface area contributed by atoms with E-state index in [1.54, 1.807) is 0 Å². The second-order valence-electron chi connectivity index (χ2n) is 5.98. The molecule has 1 unspecified atom stereocenters. The Kier molecular flexibility index (Phi) is 7.72. The van der Waals surface area contributed by atoms with Gasteiger partial charge in [-0.25, -0.2) is 4.99 Å². The third-order valence-electron chi connectivity index (χ3n) is 3.73. The van der Waals surface area contributed by atoms with Gasteiger partial charge in [0.2, 0.25) is 0 Å². The summed E-state index contributed by atoms with van der Waals surface area (Å²) >= 11 is 0. The molecule has 1 atom stereocenters. The molecular formula is C19H30N2O. The van der Waals surface area contributed by atoms with Crippen LogP contribution in [0.3, 0.4) is 0 Å². The molecule has 0 heterocycles. The molecule has 1 aliphatic carbocycles. The minimum Gasteiger partial charge on any atom is -0.490 e. The molecule has 0 amide bonds. The van der Waals surface area contributed by atoms with Crippen molar-refractivity contribution in [3.63, 3.8) is 0 Å². The standard InChI is InChI=1S/C19H30N2O/c1-7-21(6)14-20-19(15(2)3)13-16(4)17(5)22-18-11-9-8-10-12-18/h8-9,13-14,18H,5,7,10-12H2,1-4,6H3/b16-13-,20-14+. The van der Waals surface area contributed by atoms with Gasteiger partial charge in [0.05, 0.1) is 12.0 Å². The van der Waals surface area contributed by atoms with Crippen LogP contribution in [0.2, 0.25) is 0 Å². The molecule has 3 heteroatoms. The average Bonchev–Trinajstić information content (AvgIpc) is 2.51. The van der Waals surface area contributed by atoms with Crippen molar-refractivity contribution >= 4 is 6.34 Å². The number of nitrogens with zero attached hydrogens (tertiary/aromatic N) is 2. The Morgan fingerprint density at radius 3 is 2.64 bits per heavy atom. The van der Waals surface area contributed by atoms with Gasteiger partial charge in [-0.05, 0) is 52.2 Å². The Labute approximate surface area is 135 Å². The topological polar surface area (TPSA) is 24.8 Å². The first-order chi connectivity index (χ1) is 10.4. The van der Waals surface area contributed by atoms with Crippen LogP contribution < -0.4 is 0 Å². The summed E-state index contributed by atoms with van der Waals surface area (Å²) in [7, 11) is 2.02. The molecule has 0 fully saturated rings. The summed E-state index contributed by atoms with van der Waals surface area (Å²) in [5, 5.41) is 0. The van der Waals surface area contributed by atoms with E-state index in [2.05, 4.69) is 50.6 Å². The van der Waals surface area contributed by atoms with Gasteiger partial charge < -0.3 is 9.64 Å². The third kappa shape index (κ3) is 6.33. The van der Waals surface area contributed by atoms with Crippen molar-refractivity contribution in [2.45, 2.75) is 53.1 Å². The number of hydrogen-bond acceptors (Lipinski definition) is 2. The molecule has 0 aromatic rings. The highest BCUT2D eigenvalue weighted by Crippen LogP contribution is 2.21. The van der Waals surface area contributed by atoms with Crippen molar-refractivity contribution in [1.82, 2.24) is 4.90 Å². The van der Waals surface area contributed by atoms with Crippen LogP contribution in [0.5, 0.6) is 0 Å². The maximum atomic E-state index is 5.98. The predicted molar refractivity (Wildman–Crippen MR) is 95.9 cm³/mol. The molecule has 0 aliphatic heterocycles. The minimum atomic E-state index is 0.255. The van der Waals surface area contributed by atoms with E-state index in [-0.39, 0.29) is 6.10 Å². The Bertz CT molecular complexity index is 494. The van der Waals surface area contributed by atoms with Gasteiger partial charge in [-0.2, -0.15) is 0 Å². The lowest BCUT2D eigenvalue weighted by atomic mass is 10.0. The van der Waals surface area contributed by atoms with Crippen molar-refractivity contribution in [1.29, 1.82) is 0 Å². The van der Waals surface area contributed by atoms with E-state index in [1.807, 2.05) is 25.2 Å². The Hall–Kier alpha value is -1.77. The lowest BCUT2D eigenvalue weighted by Gasteiger charge is -2.21. The van der Waals surface area contributed by atoms with Gasteiger partial charge in [0.15, 0.2) is 0 Å². The van der Waals surface area contributed by atoms with Crippen LogP contribution in [0.25, 0.3) is 0 Å². The minimum absolute atomic E-state index is 0.255. The van der Waals surface area contributed by atoms with Gasteiger partial charge >= 0.3 is 0 Å². The summed E-state index contributed by atoms with van der Waals surface area (Å²) in [5.74, 6) is 0.748.